The van der Waals surface area contributed by atoms with E-state index in [2.05, 4.69) is 35.9 Å². The average Bonchev–Trinajstić information content (AvgIpc) is 3.07. The summed E-state index contributed by atoms with van der Waals surface area (Å²) in [5.41, 5.74) is 1.77. The molecule has 1 aliphatic heterocycles. The van der Waals surface area contributed by atoms with Gasteiger partial charge in [-0.1, -0.05) is 26.0 Å². The van der Waals surface area contributed by atoms with Crippen LogP contribution in [0.1, 0.15) is 37.0 Å². The summed E-state index contributed by atoms with van der Waals surface area (Å²) < 4.78 is 8.71. The first kappa shape index (κ1) is 16.8. The highest BCUT2D eigenvalue weighted by atomic mass is 16.5. The predicted molar refractivity (Wildman–Crippen MR) is 98.4 cm³/mol. The van der Waals surface area contributed by atoms with Crippen molar-refractivity contribution in [2.75, 3.05) is 13.7 Å². The summed E-state index contributed by atoms with van der Waals surface area (Å²) in [7, 11) is 1.67. The van der Waals surface area contributed by atoms with E-state index in [0.717, 1.165) is 30.5 Å². The minimum Gasteiger partial charge on any atom is -0.497 e. The first-order chi connectivity index (χ1) is 12.6. The van der Waals surface area contributed by atoms with E-state index >= 15 is 0 Å². The zero-order chi connectivity index (χ0) is 18.3. The summed E-state index contributed by atoms with van der Waals surface area (Å²) in [4.78, 5) is 19.5. The fraction of sp³-hybridized carbons (Fsp3) is 0.421. The number of ether oxygens (including phenoxy) is 1. The number of hydrogen-bond donors (Lipinski definition) is 0. The Balaban J connectivity index is 1.63. The van der Waals surface area contributed by atoms with E-state index in [0.29, 0.717) is 18.6 Å². The van der Waals surface area contributed by atoms with Gasteiger partial charge in [-0.3, -0.25) is 14.3 Å². The van der Waals surface area contributed by atoms with Gasteiger partial charge >= 0.3 is 0 Å². The Kier molecular flexibility index (Phi) is 4.24. The van der Waals surface area contributed by atoms with Crippen LogP contribution in [0.25, 0.3) is 5.52 Å². The van der Waals surface area contributed by atoms with Gasteiger partial charge in [-0.15, -0.1) is 0 Å². The molecule has 0 aliphatic carbocycles. The fourth-order valence-electron chi connectivity index (χ4n) is 3.42. The van der Waals surface area contributed by atoms with Crippen LogP contribution in [0.3, 0.4) is 0 Å². The highest BCUT2D eigenvalue weighted by Gasteiger charge is 2.22. The summed E-state index contributed by atoms with van der Waals surface area (Å²) in [6, 6.07) is 8.09. The third kappa shape index (κ3) is 2.88. The molecule has 0 saturated heterocycles. The van der Waals surface area contributed by atoms with Crippen LogP contribution >= 0.6 is 0 Å². The first-order valence-corrected chi connectivity index (χ1v) is 8.89. The summed E-state index contributed by atoms with van der Waals surface area (Å²) >= 11 is 0. The maximum atomic E-state index is 12.8. The molecular weight excluding hydrogens is 330 g/mol. The average molecular weight is 353 g/mol. The van der Waals surface area contributed by atoms with Crippen molar-refractivity contribution >= 4 is 5.52 Å². The van der Waals surface area contributed by atoms with Crippen LogP contribution in [0.5, 0.6) is 5.75 Å². The van der Waals surface area contributed by atoms with Crippen LogP contribution in [0.15, 0.2) is 35.3 Å². The van der Waals surface area contributed by atoms with Crippen molar-refractivity contribution in [3.05, 3.63) is 58.0 Å². The summed E-state index contributed by atoms with van der Waals surface area (Å²) in [6.07, 6.45) is 1.64. The number of hydrogen-bond acceptors (Lipinski definition) is 5. The number of benzene rings is 1. The summed E-state index contributed by atoms with van der Waals surface area (Å²) in [5.74, 6) is 2.69. The van der Waals surface area contributed by atoms with Crippen molar-refractivity contribution in [3.8, 4) is 5.75 Å². The Labute approximate surface area is 151 Å². The van der Waals surface area contributed by atoms with Gasteiger partial charge in [0.15, 0.2) is 5.52 Å². The van der Waals surface area contributed by atoms with Crippen molar-refractivity contribution in [2.24, 2.45) is 0 Å². The fourth-order valence-corrected chi connectivity index (χ4v) is 3.42. The smallest absolute Gasteiger partial charge is 0.279 e. The molecule has 0 atom stereocenters. The maximum Gasteiger partial charge on any atom is 0.279 e. The molecule has 7 heteroatoms. The van der Waals surface area contributed by atoms with Crippen molar-refractivity contribution in [3.63, 3.8) is 0 Å². The molecule has 2 aromatic heterocycles. The molecule has 0 unspecified atom stereocenters. The largest absolute Gasteiger partial charge is 0.497 e. The van der Waals surface area contributed by atoms with Crippen molar-refractivity contribution in [1.29, 1.82) is 0 Å². The number of fused-ring (bicyclic) bond motifs is 2. The van der Waals surface area contributed by atoms with Crippen LogP contribution in [-0.4, -0.2) is 37.7 Å². The first-order valence-electron chi connectivity index (χ1n) is 8.89. The molecule has 3 aromatic rings. The molecule has 0 spiro atoms. The zero-order valence-electron chi connectivity index (χ0n) is 15.3. The van der Waals surface area contributed by atoms with Gasteiger partial charge in [-0.25, -0.2) is 9.50 Å². The molecule has 0 bridgehead atoms. The molecule has 0 N–H and O–H groups in total. The minimum absolute atomic E-state index is 0.00139. The van der Waals surface area contributed by atoms with Crippen molar-refractivity contribution in [2.45, 2.75) is 39.4 Å². The molecule has 4 rings (SSSR count). The predicted octanol–water partition coefficient (Wildman–Crippen LogP) is 2.04. The second-order valence-electron chi connectivity index (χ2n) is 7.00. The summed E-state index contributed by atoms with van der Waals surface area (Å²) in [6.45, 7) is 7.05. The lowest BCUT2D eigenvalue weighted by molar-refractivity contribution is 0.201. The Hall–Kier alpha value is -2.67. The molecule has 0 amide bonds. The number of rotatable bonds is 4. The molecule has 26 heavy (non-hydrogen) atoms. The van der Waals surface area contributed by atoms with E-state index in [4.69, 9.17) is 9.84 Å². The molecular formula is C19H23N5O2. The van der Waals surface area contributed by atoms with Crippen LogP contribution < -0.4 is 10.3 Å². The quantitative estimate of drug-likeness (QED) is 0.718. The monoisotopic (exact) mass is 353 g/mol. The second kappa shape index (κ2) is 6.57. The number of nitrogens with zero attached hydrogens (tertiary/aromatic N) is 5. The van der Waals surface area contributed by atoms with Gasteiger partial charge in [0.25, 0.3) is 5.56 Å². The Morgan fingerprint density at radius 1 is 1.19 bits per heavy atom. The van der Waals surface area contributed by atoms with E-state index in [1.807, 2.05) is 12.1 Å². The van der Waals surface area contributed by atoms with Gasteiger partial charge in [0.2, 0.25) is 0 Å². The van der Waals surface area contributed by atoms with E-state index < -0.39 is 0 Å². The Morgan fingerprint density at radius 3 is 2.65 bits per heavy atom. The molecule has 1 aliphatic rings. The number of imidazole rings is 1. The van der Waals surface area contributed by atoms with Crippen LogP contribution in [0.2, 0.25) is 0 Å². The van der Waals surface area contributed by atoms with Gasteiger partial charge in [0.1, 0.15) is 17.4 Å². The third-order valence-corrected chi connectivity index (χ3v) is 4.84. The lowest BCUT2D eigenvalue weighted by atomic mass is 10.2. The van der Waals surface area contributed by atoms with E-state index in [1.54, 1.807) is 22.4 Å². The van der Waals surface area contributed by atoms with Gasteiger partial charge in [-0.05, 0) is 17.7 Å². The molecule has 0 radical (unpaired) electrons. The number of methoxy groups -OCH3 is 1. The molecule has 3 heterocycles. The highest BCUT2D eigenvalue weighted by Crippen LogP contribution is 2.17. The molecule has 0 saturated carbocycles. The molecule has 0 fully saturated rings. The zero-order valence-corrected chi connectivity index (χ0v) is 15.3. The maximum absolute atomic E-state index is 12.8. The lowest BCUT2D eigenvalue weighted by Crippen LogP contribution is -2.40. The van der Waals surface area contributed by atoms with Crippen molar-refractivity contribution in [1.82, 2.24) is 24.1 Å². The topological polar surface area (TPSA) is 64.7 Å². The van der Waals surface area contributed by atoms with Gasteiger partial charge in [0, 0.05) is 25.6 Å². The van der Waals surface area contributed by atoms with E-state index in [9.17, 15) is 4.79 Å². The van der Waals surface area contributed by atoms with Crippen molar-refractivity contribution < 1.29 is 4.74 Å². The van der Waals surface area contributed by atoms with Crippen LogP contribution in [-0.2, 0) is 19.6 Å². The highest BCUT2D eigenvalue weighted by molar-refractivity contribution is 5.43. The second-order valence-corrected chi connectivity index (χ2v) is 7.00. The summed E-state index contributed by atoms with van der Waals surface area (Å²) in [5, 5.41) is 4.73. The van der Waals surface area contributed by atoms with Gasteiger partial charge in [0.05, 0.1) is 19.9 Å². The van der Waals surface area contributed by atoms with Crippen LogP contribution in [0, 0.1) is 0 Å². The minimum atomic E-state index is -0.00139. The van der Waals surface area contributed by atoms with E-state index in [1.165, 1.54) is 5.56 Å². The molecule has 7 nitrogen and oxygen atoms in total. The van der Waals surface area contributed by atoms with Crippen LogP contribution in [0.4, 0.5) is 0 Å². The standard InChI is InChI=1S/C19H23N5O2/c1-13(2)18-20-10-16-19(25)23-9-8-22(12-17(23)21-24(16)18)11-14-4-6-15(26-3)7-5-14/h4-7,10,13H,8-9,11-12H2,1-3H3. The Bertz CT molecular complexity index is 988. The van der Waals surface area contributed by atoms with E-state index in [-0.39, 0.29) is 11.5 Å². The Morgan fingerprint density at radius 2 is 1.96 bits per heavy atom. The third-order valence-electron chi connectivity index (χ3n) is 4.84. The molecule has 1 aromatic carbocycles. The lowest BCUT2D eigenvalue weighted by Gasteiger charge is -2.29. The van der Waals surface area contributed by atoms with Gasteiger partial charge in [-0.2, -0.15) is 5.10 Å². The SMILES string of the molecule is COc1ccc(CN2CCn3c(nn4c(C(C)C)ncc4c3=O)C2)cc1. The van der Waals surface area contributed by atoms with Gasteiger partial charge < -0.3 is 4.74 Å². The molecule has 136 valence electrons. The normalized spacial score (nSPS) is 14.8. The number of aromatic nitrogens is 4.